The predicted molar refractivity (Wildman–Crippen MR) is 85.5 cm³/mol. The van der Waals surface area contributed by atoms with Gasteiger partial charge in [-0.2, -0.15) is 5.10 Å². The van der Waals surface area contributed by atoms with Crippen molar-refractivity contribution in [3.63, 3.8) is 0 Å². The van der Waals surface area contributed by atoms with E-state index in [9.17, 15) is 13.2 Å². The molecule has 24 heavy (non-hydrogen) atoms. The summed E-state index contributed by atoms with van der Waals surface area (Å²) in [6.45, 7) is 2.13. The van der Waals surface area contributed by atoms with Gasteiger partial charge in [0.05, 0.1) is 0 Å². The summed E-state index contributed by atoms with van der Waals surface area (Å²) in [7, 11) is 1.90. The number of nitrogens with zero attached hydrogens (tertiary/aromatic N) is 3. The van der Waals surface area contributed by atoms with Crippen LogP contribution in [0, 0.1) is 0 Å². The van der Waals surface area contributed by atoms with Crippen LogP contribution < -0.4 is 4.74 Å². The molecule has 0 spiro atoms. The van der Waals surface area contributed by atoms with Crippen LogP contribution in [0.4, 0.5) is 13.2 Å². The maximum absolute atomic E-state index is 12.4. The summed E-state index contributed by atoms with van der Waals surface area (Å²) in [5, 5.41) is 4.14. The average molecular weight is 341 g/mol. The van der Waals surface area contributed by atoms with Crippen molar-refractivity contribution < 1.29 is 17.9 Å². The molecule has 1 aromatic carbocycles. The molecule has 2 aromatic rings. The molecule has 2 rings (SSSR count). The molecule has 0 radical (unpaired) electrons. The molecular weight excluding hydrogens is 319 g/mol. The molecule has 1 aromatic heterocycles. The Morgan fingerprint density at radius 2 is 1.92 bits per heavy atom. The van der Waals surface area contributed by atoms with Gasteiger partial charge in [-0.05, 0) is 38.6 Å². The minimum atomic E-state index is -4.67. The van der Waals surface area contributed by atoms with Crippen molar-refractivity contribution >= 4 is 0 Å². The summed E-state index contributed by atoms with van der Waals surface area (Å²) in [6.07, 6.45) is 2.09. The molecule has 132 valence electrons. The van der Waals surface area contributed by atoms with Gasteiger partial charge in [0.1, 0.15) is 5.75 Å². The van der Waals surface area contributed by atoms with Gasteiger partial charge in [0.15, 0.2) is 0 Å². The fraction of sp³-hybridized carbons (Fsp3) is 0.471. The van der Waals surface area contributed by atoms with E-state index in [0.29, 0.717) is 12.1 Å². The molecule has 4 nitrogen and oxygen atoms in total. The lowest BCUT2D eigenvalue weighted by Crippen LogP contribution is -2.22. The first kappa shape index (κ1) is 18.3. The second-order valence-corrected chi connectivity index (χ2v) is 5.72. The maximum atomic E-state index is 12.4. The number of rotatable bonds is 9. The summed E-state index contributed by atoms with van der Waals surface area (Å²) >= 11 is 0. The van der Waals surface area contributed by atoms with Gasteiger partial charge in [0.25, 0.3) is 0 Å². The van der Waals surface area contributed by atoms with Crippen molar-refractivity contribution in [2.75, 3.05) is 13.6 Å². The highest BCUT2D eigenvalue weighted by Gasteiger charge is 2.32. The lowest BCUT2D eigenvalue weighted by Gasteiger charge is -2.19. The largest absolute Gasteiger partial charge is 0.573 e. The summed E-state index contributed by atoms with van der Waals surface area (Å²) in [5.41, 5.74) is 0.536. The van der Waals surface area contributed by atoms with Gasteiger partial charge in [0, 0.05) is 31.0 Å². The molecule has 0 atom stereocenters. The first-order valence-electron chi connectivity index (χ1n) is 7.94. The van der Waals surface area contributed by atoms with Gasteiger partial charge in [0.2, 0.25) is 0 Å². The van der Waals surface area contributed by atoms with E-state index in [4.69, 9.17) is 0 Å². The van der Waals surface area contributed by atoms with E-state index in [1.54, 1.807) is 24.4 Å². The quantitative estimate of drug-likeness (QED) is 0.644. The van der Waals surface area contributed by atoms with Crippen LogP contribution in [0.3, 0.4) is 0 Å². The minimum Gasteiger partial charge on any atom is -0.405 e. The lowest BCUT2D eigenvalue weighted by atomic mass is 10.1. The first-order valence-corrected chi connectivity index (χ1v) is 7.94. The molecule has 0 aliphatic carbocycles. The van der Waals surface area contributed by atoms with Gasteiger partial charge in [-0.1, -0.05) is 24.6 Å². The van der Waals surface area contributed by atoms with Crippen LogP contribution in [0.2, 0.25) is 0 Å². The van der Waals surface area contributed by atoms with Crippen molar-refractivity contribution in [2.45, 2.75) is 38.7 Å². The summed E-state index contributed by atoms with van der Waals surface area (Å²) in [5.74, 6) is -0.129. The third-order valence-corrected chi connectivity index (χ3v) is 3.62. The smallest absolute Gasteiger partial charge is 0.405 e. The van der Waals surface area contributed by atoms with Crippen LogP contribution in [-0.4, -0.2) is 34.6 Å². The molecule has 0 unspecified atom stereocenters. The van der Waals surface area contributed by atoms with Crippen LogP contribution in [0.25, 0.3) is 0 Å². The zero-order valence-electron chi connectivity index (χ0n) is 13.7. The molecule has 0 saturated heterocycles. The first-order chi connectivity index (χ1) is 11.4. The number of benzene rings is 1. The number of hydrogen-bond donors (Lipinski definition) is 0. The zero-order valence-corrected chi connectivity index (χ0v) is 13.7. The summed E-state index contributed by atoms with van der Waals surface area (Å²) in [6, 6.07) is 8.17. The van der Waals surface area contributed by atoms with E-state index >= 15 is 0 Å². The van der Waals surface area contributed by atoms with E-state index in [1.807, 2.05) is 28.9 Å². The number of aryl methyl sites for hydroxylation is 1. The normalized spacial score (nSPS) is 11.9. The second-order valence-electron chi connectivity index (χ2n) is 5.72. The second kappa shape index (κ2) is 8.73. The number of hydrogen-bond acceptors (Lipinski definition) is 3. The number of halogens is 3. The molecule has 7 heteroatoms. The zero-order chi connectivity index (χ0) is 17.4. The SMILES string of the molecule is CN(CCCCCn1cccn1)Cc1ccccc1OC(F)(F)F. The number of para-hydroxylation sites is 1. The number of unbranched alkanes of at least 4 members (excludes halogenated alkanes) is 2. The predicted octanol–water partition coefficient (Wildman–Crippen LogP) is 4.08. The summed E-state index contributed by atoms with van der Waals surface area (Å²) < 4.78 is 43.2. The van der Waals surface area contributed by atoms with Crippen molar-refractivity contribution in [2.24, 2.45) is 0 Å². The molecule has 0 N–H and O–H groups in total. The number of ether oxygens (including phenoxy) is 1. The standard InChI is InChI=1S/C17H22F3N3O/c1-22(11-5-2-6-12-23-13-7-10-21-23)14-15-8-3-4-9-16(15)24-17(18,19)20/h3-4,7-10,13H,2,5-6,11-12,14H2,1H3. The van der Waals surface area contributed by atoms with Gasteiger partial charge in [-0.25, -0.2) is 0 Å². The molecule has 0 aliphatic rings. The van der Waals surface area contributed by atoms with Gasteiger partial charge >= 0.3 is 6.36 Å². The van der Waals surface area contributed by atoms with Gasteiger partial charge < -0.3 is 9.64 Å². The van der Waals surface area contributed by atoms with E-state index in [0.717, 1.165) is 32.4 Å². The van der Waals surface area contributed by atoms with Crippen molar-refractivity contribution in [1.82, 2.24) is 14.7 Å². The Hall–Kier alpha value is -2.02. The average Bonchev–Trinajstić information content (AvgIpc) is 3.01. The minimum absolute atomic E-state index is 0.129. The molecule has 0 amide bonds. The van der Waals surface area contributed by atoms with Crippen molar-refractivity contribution in [1.29, 1.82) is 0 Å². The molecule has 0 bridgehead atoms. The molecule has 0 saturated carbocycles. The highest BCUT2D eigenvalue weighted by molar-refractivity contribution is 5.33. The van der Waals surface area contributed by atoms with Gasteiger partial charge in [-0.15, -0.1) is 13.2 Å². The van der Waals surface area contributed by atoms with Crippen LogP contribution in [0.1, 0.15) is 24.8 Å². The Morgan fingerprint density at radius 3 is 2.62 bits per heavy atom. The van der Waals surface area contributed by atoms with E-state index in [2.05, 4.69) is 9.84 Å². The van der Waals surface area contributed by atoms with Crippen LogP contribution >= 0.6 is 0 Å². The fourth-order valence-corrected chi connectivity index (χ4v) is 2.49. The summed E-state index contributed by atoms with van der Waals surface area (Å²) in [4.78, 5) is 2.01. The monoisotopic (exact) mass is 341 g/mol. The third kappa shape index (κ3) is 6.62. The Morgan fingerprint density at radius 1 is 1.12 bits per heavy atom. The highest BCUT2D eigenvalue weighted by atomic mass is 19.4. The number of aromatic nitrogens is 2. The number of alkyl halides is 3. The van der Waals surface area contributed by atoms with Gasteiger partial charge in [-0.3, -0.25) is 4.68 Å². The van der Waals surface area contributed by atoms with Crippen LogP contribution in [0.15, 0.2) is 42.7 Å². The van der Waals surface area contributed by atoms with E-state index in [1.165, 1.54) is 6.07 Å². The molecule has 1 heterocycles. The Balaban J connectivity index is 1.73. The fourth-order valence-electron chi connectivity index (χ4n) is 2.49. The highest BCUT2D eigenvalue weighted by Crippen LogP contribution is 2.26. The third-order valence-electron chi connectivity index (χ3n) is 3.62. The lowest BCUT2D eigenvalue weighted by molar-refractivity contribution is -0.275. The molecule has 0 fully saturated rings. The van der Waals surface area contributed by atoms with Crippen LogP contribution in [-0.2, 0) is 13.1 Å². The Kier molecular flexibility index (Phi) is 6.66. The topological polar surface area (TPSA) is 30.3 Å². The van der Waals surface area contributed by atoms with Crippen LogP contribution in [0.5, 0.6) is 5.75 Å². The molecule has 0 aliphatic heterocycles. The molecular formula is C17H22F3N3O. The van der Waals surface area contributed by atoms with Crippen molar-refractivity contribution in [3.8, 4) is 5.75 Å². The van der Waals surface area contributed by atoms with E-state index < -0.39 is 6.36 Å². The Bertz CT molecular complexity index is 599. The van der Waals surface area contributed by atoms with Crippen molar-refractivity contribution in [3.05, 3.63) is 48.3 Å². The maximum Gasteiger partial charge on any atom is 0.573 e. The Labute approximate surface area is 139 Å². The van der Waals surface area contributed by atoms with E-state index in [-0.39, 0.29) is 5.75 Å².